The van der Waals surface area contributed by atoms with E-state index in [1.54, 1.807) is 38.3 Å². The number of aromatic nitrogens is 1. The van der Waals surface area contributed by atoms with Crippen molar-refractivity contribution in [1.29, 1.82) is 0 Å². The quantitative estimate of drug-likeness (QED) is 0.251. The van der Waals surface area contributed by atoms with Crippen molar-refractivity contribution in [3.05, 3.63) is 28.9 Å². The number of allylic oxidation sites excluding steroid dienone is 1. The number of ether oxygens (including phenoxy) is 2. The highest BCUT2D eigenvalue weighted by molar-refractivity contribution is 8.00. The van der Waals surface area contributed by atoms with Crippen LogP contribution in [-0.2, 0) is 28.7 Å². The third-order valence-electron chi connectivity index (χ3n) is 4.79. The van der Waals surface area contributed by atoms with E-state index in [9.17, 15) is 19.2 Å². The molecule has 1 saturated heterocycles. The molecule has 10 nitrogen and oxygen atoms in total. The largest absolute Gasteiger partial charge is 0.427 e. The molecule has 3 rings (SSSR count). The molecule has 3 heterocycles. The van der Waals surface area contributed by atoms with Gasteiger partial charge in [0, 0.05) is 11.1 Å². The molecule has 2 amide bonds. The summed E-state index contributed by atoms with van der Waals surface area (Å²) in [5, 5.41) is 4.33. The summed E-state index contributed by atoms with van der Waals surface area (Å²) in [6.07, 6.45) is 3.90. The van der Waals surface area contributed by atoms with Gasteiger partial charge in [0.05, 0.1) is 16.7 Å². The zero-order valence-corrected chi connectivity index (χ0v) is 20.4. The number of thioether (sulfide) groups is 1. The van der Waals surface area contributed by atoms with Crippen LogP contribution in [0.15, 0.2) is 23.2 Å². The van der Waals surface area contributed by atoms with E-state index in [-0.39, 0.29) is 5.70 Å². The lowest BCUT2D eigenvalue weighted by atomic mass is 9.98. The number of amides is 2. The number of nitrogen functional groups attached to an aromatic ring is 1. The average Bonchev–Trinajstić information content (AvgIpc) is 3.19. The SMILES string of the molecule is CC/C=C(\C(=O)NC1C(=O)N2C(C(=O)OCOC(=O)C(C)(C)C)=CCSC12)c1csc(N)n1. The summed E-state index contributed by atoms with van der Waals surface area (Å²) in [4.78, 5) is 55.4. The van der Waals surface area contributed by atoms with E-state index in [1.165, 1.54) is 28.0 Å². The van der Waals surface area contributed by atoms with Gasteiger partial charge in [0.15, 0.2) is 5.13 Å². The molecule has 12 heteroatoms. The molecule has 1 aromatic rings. The average molecular weight is 495 g/mol. The number of hydrogen-bond donors (Lipinski definition) is 2. The third-order valence-corrected chi connectivity index (χ3v) is 6.64. The number of carbonyl (C=O) groups is 4. The van der Waals surface area contributed by atoms with Crippen molar-refractivity contribution in [3.8, 4) is 0 Å². The highest BCUT2D eigenvalue weighted by Gasteiger charge is 2.53. The summed E-state index contributed by atoms with van der Waals surface area (Å²) in [7, 11) is 0. The summed E-state index contributed by atoms with van der Waals surface area (Å²) in [6.45, 7) is 6.38. The van der Waals surface area contributed by atoms with Gasteiger partial charge < -0.3 is 20.5 Å². The number of rotatable bonds is 7. The number of esters is 2. The van der Waals surface area contributed by atoms with Crippen LogP contribution in [-0.4, -0.2) is 57.6 Å². The predicted molar refractivity (Wildman–Crippen MR) is 124 cm³/mol. The molecule has 1 aromatic heterocycles. The molecule has 2 aliphatic rings. The first-order valence-corrected chi connectivity index (χ1v) is 12.2. The van der Waals surface area contributed by atoms with Crippen molar-refractivity contribution >= 4 is 57.6 Å². The zero-order valence-electron chi connectivity index (χ0n) is 18.7. The first kappa shape index (κ1) is 24.8. The standard InChI is InChI=1S/C21H26N4O6S2/c1-5-6-11(12-9-33-20(22)23-12)15(26)24-14-16(27)25-13(7-8-32-17(14)25)18(28)30-10-31-19(29)21(2,3)4/h6-7,9,14,17H,5,8,10H2,1-4H3,(H2,22,23)(H,24,26)/b11-6-. The molecule has 0 radical (unpaired) electrons. The lowest BCUT2D eigenvalue weighted by molar-refractivity contribution is -0.173. The van der Waals surface area contributed by atoms with Gasteiger partial charge in [-0.3, -0.25) is 19.3 Å². The molecule has 3 N–H and O–H groups in total. The molecular weight excluding hydrogens is 468 g/mol. The van der Waals surface area contributed by atoms with Gasteiger partial charge >= 0.3 is 11.9 Å². The minimum absolute atomic E-state index is 0.0673. The Kier molecular flexibility index (Phi) is 7.48. The highest BCUT2D eigenvalue weighted by Crippen LogP contribution is 2.38. The molecular formula is C21H26N4O6S2. The molecule has 2 atom stereocenters. The van der Waals surface area contributed by atoms with Crippen molar-refractivity contribution in [1.82, 2.24) is 15.2 Å². The second-order valence-electron chi connectivity index (χ2n) is 8.30. The van der Waals surface area contributed by atoms with Crippen LogP contribution in [0.5, 0.6) is 0 Å². The number of thiazole rings is 1. The molecule has 1 fully saturated rings. The molecule has 0 saturated carbocycles. The van der Waals surface area contributed by atoms with Crippen molar-refractivity contribution in [2.45, 2.75) is 45.5 Å². The van der Waals surface area contributed by atoms with Gasteiger partial charge in [0.2, 0.25) is 6.79 Å². The van der Waals surface area contributed by atoms with Crippen molar-refractivity contribution in [2.75, 3.05) is 18.3 Å². The van der Waals surface area contributed by atoms with Crippen LogP contribution < -0.4 is 11.1 Å². The van der Waals surface area contributed by atoms with E-state index >= 15 is 0 Å². The van der Waals surface area contributed by atoms with Gasteiger partial charge in [0.1, 0.15) is 17.1 Å². The number of fused-ring (bicyclic) bond motifs is 1. The van der Waals surface area contributed by atoms with Gasteiger partial charge in [-0.2, -0.15) is 0 Å². The summed E-state index contributed by atoms with van der Waals surface area (Å²) in [6, 6.07) is -0.797. The van der Waals surface area contributed by atoms with E-state index in [4.69, 9.17) is 15.2 Å². The number of hydrogen-bond acceptors (Lipinski definition) is 10. The maximum absolute atomic E-state index is 12.9. The number of nitrogens with one attached hydrogen (secondary N) is 1. The first-order chi connectivity index (χ1) is 15.5. The maximum atomic E-state index is 12.9. The summed E-state index contributed by atoms with van der Waals surface area (Å²) in [5.41, 5.74) is 5.81. The van der Waals surface area contributed by atoms with E-state index < -0.39 is 47.4 Å². The molecule has 2 unspecified atom stereocenters. The molecule has 0 aliphatic carbocycles. The zero-order chi connectivity index (χ0) is 24.3. The lowest BCUT2D eigenvalue weighted by Gasteiger charge is -2.48. The molecule has 0 aromatic carbocycles. The number of carbonyl (C=O) groups excluding carboxylic acids is 4. The van der Waals surface area contributed by atoms with E-state index in [0.717, 1.165) is 0 Å². The van der Waals surface area contributed by atoms with Gasteiger partial charge in [-0.25, -0.2) is 9.78 Å². The molecule has 33 heavy (non-hydrogen) atoms. The second kappa shape index (κ2) is 9.96. The fourth-order valence-corrected chi connectivity index (χ4v) is 4.86. The Hall–Kier alpha value is -2.86. The minimum atomic E-state index is -0.797. The fraction of sp³-hybridized carbons (Fsp3) is 0.476. The molecule has 0 bridgehead atoms. The monoisotopic (exact) mass is 494 g/mol. The van der Waals surface area contributed by atoms with Crippen LogP contribution in [0.25, 0.3) is 5.57 Å². The van der Waals surface area contributed by atoms with Crippen molar-refractivity contribution < 1.29 is 28.7 Å². The number of anilines is 1. The van der Waals surface area contributed by atoms with E-state index in [0.29, 0.717) is 28.6 Å². The topological polar surface area (TPSA) is 141 Å². The maximum Gasteiger partial charge on any atom is 0.357 e. The second-order valence-corrected chi connectivity index (χ2v) is 10.3. The summed E-state index contributed by atoms with van der Waals surface area (Å²) < 4.78 is 9.97. The fourth-order valence-electron chi connectivity index (χ4n) is 3.10. The van der Waals surface area contributed by atoms with Gasteiger partial charge in [-0.05, 0) is 33.3 Å². The van der Waals surface area contributed by atoms with Crippen LogP contribution in [0.1, 0.15) is 39.8 Å². The Labute approximate surface area is 199 Å². The third kappa shape index (κ3) is 5.38. The first-order valence-electron chi connectivity index (χ1n) is 10.3. The van der Waals surface area contributed by atoms with Gasteiger partial charge in [-0.1, -0.05) is 13.0 Å². The van der Waals surface area contributed by atoms with Crippen LogP contribution in [0.2, 0.25) is 0 Å². The normalized spacial score (nSPS) is 20.4. The van der Waals surface area contributed by atoms with E-state index in [2.05, 4.69) is 10.3 Å². The van der Waals surface area contributed by atoms with Crippen molar-refractivity contribution in [3.63, 3.8) is 0 Å². The summed E-state index contributed by atoms with van der Waals surface area (Å²) >= 11 is 2.64. The Bertz CT molecular complexity index is 1030. The smallest absolute Gasteiger partial charge is 0.357 e. The molecule has 0 spiro atoms. The van der Waals surface area contributed by atoms with Crippen LogP contribution in [0.3, 0.4) is 0 Å². The highest BCUT2D eigenvalue weighted by atomic mass is 32.2. The van der Waals surface area contributed by atoms with Crippen LogP contribution in [0, 0.1) is 5.41 Å². The Morgan fingerprint density at radius 1 is 1.33 bits per heavy atom. The number of β-lactam (4-membered cyclic amide) rings is 1. The Morgan fingerprint density at radius 2 is 2.06 bits per heavy atom. The number of nitrogens with two attached hydrogens (primary N) is 1. The minimum Gasteiger partial charge on any atom is -0.427 e. The van der Waals surface area contributed by atoms with E-state index in [1.807, 2.05) is 6.92 Å². The van der Waals surface area contributed by atoms with Crippen LogP contribution >= 0.6 is 23.1 Å². The van der Waals surface area contributed by atoms with Gasteiger partial charge in [-0.15, -0.1) is 23.1 Å². The molecule has 178 valence electrons. The lowest BCUT2D eigenvalue weighted by Crippen LogP contribution is -2.70. The molecule has 2 aliphatic heterocycles. The van der Waals surface area contributed by atoms with Crippen LogP contribution in [0.4, 0.5) is 5.13 Å². The predicted octanol–water partition coefficient (Wildman–Crippen LogP) is 1.89. The Balaban J connectivity index is 1.61. The number of nitrogens with zero attached hydrogens (tertiary/aromatic N) is 2. The van der Waals surface area contributed by atoms with Gasteiger partial charge in [0.25, 0.3) is 11.8 Å². The van der Waals surface area contributed by atoms with Crippen molar-refractivity contribution in [2.24, 2.45) is 5.41 Å². The Morgan fingerprint density at radius 3 is 2.67 bits per heavy atom. The summed E-state index contributed by atoms with van der Waals surface area (Å²) in [5.74, 6) is -1.70.